The highest BCUT2D eigenvalue weighted by molar-refractivity contribution is 5.99. The molecule has 0 spiro atoms. The van der Waals surface area contributed by atoms with Crippen LogP contribution in [0.25, 0.3) is 21.9 Å². The van der Waals surface area contributed by atoms with Crippen molar-refractivity contribution < 1.29 is 19.0 Å². The summed E-state index contributed by atoms with van der Waals surface area (Å²) >= 11 is 0. The van der Waals surface area contributed by atoms with Gasteiger partial charge in [0, 0.05) is 24.8 Å². The van der Waals surface area contributed by atoms with E-state index >= 15 is 0 Å². The number of carbonyl (C=O) groups is 1. The molecule has 4 rings (SSSR count). The van der Waals surface area contributed by atoms with Crippen molar-refractivity contribution in [3.05, 3.63) is 54.7 Å². The Morgan fingerprint density at radius 3 is 2.75 bits per heavy atom. The van der Waals surface area contributed by atoms with Crippen LogP contribution in [0, 0.1) is 0 Å². The first-order valence-corrected chi connectivity index (χ1v) is 9.27. The van der Waals surface area contributed by atoms with Crippen LogP contribution < -0.4 is 9.47 Å². The van der Waals surface area contributed by atoms with Crippen molar-refractivity contribution >= 4 is 16.7 Å². The van der Waals surface area contributed by atoms with Crippen LogP contribution in [-0.4, -0.2) is 55.8 Å². The number of amides is 1. The van der Waals surface area contributed by atoms with E-state index < -0.39 is 0 Å². The molecule has 1 aliphatic heterocycles. The van der Waals surface area contributed by atoms with Gasteiger partial charge in [0.1, 0.15) is 5.75 Å². The number of rotatable bonds is 5. The first-order valence-electron chi connectivity index (χ1n) is 9.27. The van der Waals surface area contributed by atoms with E-state index in [4.69, 9.17) is 14.2 Å². The van der Waals surface area contributed by atoms with Crippen molar-refractivity contribution in [1.82, 2.24) is 9.88 Å². The molecule has 1 fully saturated rings. The number of pyridine rings is 1. The molecule has 1 aromatic heterocycles. The van der Waals surface area contributed by atoms with Gasteiger partial charge in [-0.2, -0.15) is 0 Å². The molecule has 0 bridgehead atoms. The summed E-state index contributed by atoms with van der Waals surface area (Å²) < 4.78 is 16.6. The van der Waals surface area contributed by atoms with Crippen LogP contribution in [0.1, 0.15) is 0 Å². The molecule has 0 unspecified atom stereocenters. The maximum absolute atomic E-state index is 12.4. The summed E-state index contributed by atoms with van der Waals surface area (Å²) in [7, 11) is 1.61. The number of benzene rings is 2. The molecule has 1 saturated heterocycles. The standard InChI is InChI=1S/C22H22N2O4/c1-26-22-19(7-4-8-23-22)20-14-17(13-16-5-2-3-6-18(16)20)28-15-21(25)24-9-11-27-12-10-24/h2-8,13-14H,9-12,15H2,1H3. The lowest BCUT2D eigenvalue weighted by Crippen LogP contribution is -2.42. The van der Waals surface area contributed by atoms with Gasteiger partial charge in [0.2, 0.25) is 5.88 Å². The summed E-state index contributed by atoms with van der Waals surface area (Å²) in [5, 5.41) is 2.10. The monoisotopic (exact) mass is 378 g/mol. The van der Waals surface area contributed by atoms with E-state index in [0.29, 0.717) is 37.9 Å². The molecule has 1 amide bonds. The lowest BCUT2D eigenvalue weighted by Gasteiger charge is -2.26. The molecule has 2 heterocycles. The fraction of sp³-hybridized carbons (Fsp3) is 0.273. The number of morpholine rings is 1. The third kappa shape index (κ3) is 3.77. The fourth-order valence-corrected chi connectivity index (χ4v) is 3.40. The van der Waals surface area contributed by atoms with Crippen LogP contribution in [-0.2, 0) is 9.53 Å². The number of fused-ring (bicyclic) bond motifs is 1. The molecule has 0 atom stereocenters. The maximum atomic E-state index is 12.4. The number of hydrogen-bond acceptors (Lipinski definition) is 5. The van der Waals surface area contributed by atoms with Crippen LogP contribution in [0.5, 0.6) is 11.6 Å². The van der Waals surface area contributed by atoms with E-state index in [1.165, 1.54) is 0 Å². The summed E-state index contributed by atoms with van der Waals surface area (Å²) in [6, 6.07) is 15.8. The highest BCUT2D eigenvalue weighted by Crippen LogP contribution is 2.36. The van der Waals surface area contributed by atoms with Crippen molar-refractivity contribution in [1.29, 1.82) is 0 Å². The SMILES string of the molecule is COc1ncccc1-c1cc(OCC(=O)N2CCOCC2)cc2ccccc12. The van der Waals surface area contributed by atoms with E-state index in [1.807, 2.05) is 42.5 Å². The first kappa shape index (κ1) is 18.3. The van der Waals surface area contributed by atoms with Gasteiger partial charge in [-0.3, -0.25) is 4.79 Å². The van der Waals surface area contributed by atoms with Crippen LogP contribution >= 0.6 is 0 Å². The minimum Gasteiger partial charge on any atom is -0.484 e. The number of nitrogens with zero attached hydrogens (tertiary/aromatic N) is 2. The zero-order valence-electron chi connectivity index (χ0n) is 15.8. The zero-order chi connectivity index (χ0) is 19.3. The van der Waals surface area contributed by atoms with Crippen molar-refractivity contribution in [2.24, 2.45) is 0 Å². The molecule has 0 saturated carbocycles. The van der Waals surface area contributed by atoms with E-state index in [2.05, 4.69) is 11.1 Å². The second-order valence-electron chi connectivity index (χ2n) is 6.53. The molecule has 2 aromatic carbocycles. The lowest BCUT2D eigenvalue weighted by atomic mass is 9.98. The summed E-state index contributed by atoms with van der Waals surface area (Å²) in [4.78, 5) is 18.5. The highest BCUT2D eigenvalue weighted by Gasteiger charge is 2.18. The molecule has 6 heteroatoms. The maximum Gasteiger partial charge on any atom is 0.260 e. The third-order valence-electron chi connectivity index (χ3n) is 4.82. The summed E-state index contributed by atoms with van der Waals surface area (Å²) in [6.07, 6.45) is 1.70. The summed E-state index contributed by atoms with van der Waals surface area (Å²) in [5.41, 5.74) is 1.84. The number of hydrogen-bond donors (Lipinski definition) is 0. The van der Waals surface area contributed by atoms with Gasteiger partial charge in [0.05, 0.1) is 20.3 Å². The second kappa shape index (κ2) is 8.27. The Morgan fingerprint density at radius 1 is 1.11 bits per heavy atom. The van der Waals surface area contributed by atoms with E-state index in [1.54, 1.807) is 18.2 Å². The lowest BCUT2D eigenvalue weighted by molar-refractivity contribution is -0.137. The minimum atomic E-state index is -0.0306. The molecule has 6 nitrogen and oxygen atoms in total. The van der Waals surface area contributed by atoms with Gasteiger partial charge in [0.25, 0.3) is 5.91 Å². The quantitative estimate of drug-likeness (QED) is 0.683. The molecule has 1 aliphatic rings. The van der Waals surface area contributed by atoms with Crippen LogP contribution in [0.2, 0.25) is 0 Å². The number of aromatic nitrogens is 1. The van der Waals surface area contributed by atoms with Crippen LogP contribution in [0.4, 0.5) is 0 Å². The number of ether oxygens (including phenoxy) is 3. The van der Waals surface area contributed by atoms with E-state index in [-0.39, 0.29) is 12.5 Å². The van der Waals surface area contributed by atoms with Gasteiger partial charge < -0.3 is 19.1 Å². The topological polar surface area (TPSA) is 60.9 Å². The fourth-order valence-electron chi connectivity index (χ4n) is 3.40. The van der Waals surface area contributed by atoms with Crippen molar-refractivity contribution in [3.8, 4) is 22.8 Å². The predicted octanol–water partition coefficient (Wildman–Crippen LogP) is 3.15. The van der Waals surface area contributed by atoms with Crippen molar-refractivity contribution in [2.45, 2.75) is 0 Å². The Kier molecular flexibility index (Phi) is 5.39. The van der Waals surface area contributed by atoms with Crippen molar-refractivity contribution in [2.75, 3.05) is 40.0 Å². The van der Waals surface area contributed by atoms with Gasteiger partial charge in [0.15, 0.2) is 6.61 Å². The molecule has 144 valence electrons. The molecule has 0 aliphatic carbocycles. The number of carbonyl (C=O) groups excluding carboxylic acids is 1. The van der Waals surface area contributed by atoms with E-state index in [9.17, 15) is 4.79 Å². The van der Waals surface area contributed by atoms with Gasteiger partial charge in [-0.05, 0) is 40.6 Å². The van der Waals surface area contributed by atoms with Gasteiger partial charge in [-0.1, -0.05) is 24.3 Å². The third-order valence-corrected chi connectivity index (χ3v) is 4.82. The van der Waals surface area contributed by atoms with E-state index in [0.717, 1.165) is 21.9 Å². The van der Waals surface area contributed by atoms with Crippen LogP contribution in [0.3, 0.4) is 0 Å². The Bertz CT molecular complexity index is 983. The highest BCUT2D eigenvalue weighted by atomic mass is 16.5. The predicted molar refractivity (Wildman–Crippen MR) is 107 cm³/mol. The normalized spacial score (nSPS) is 14.1. The Morgan fingerprint density at radius 2 is 1.93 bits per heavy atom. The first-order chi connectivity index (χ1) is 13.8. The molecule has 0 N–H and O–H groups in total. The molecular weight excluding hydrogens is 356 g/mol. The average Bonchev–Trinajstić information content (AvgIpc) is 2.77. The largest absolute Gasteiger partial charge is 0.484 e. The Balaban J connectivity index is 1.65. The molecule has 28 heavy (non-hydrogen) atoms. The summed E-state index contributed by atoms with van der Waals surface area (Å²) in [5.74, 6) is 1.16. The molecule has 3 aromatic rings. The van der Waals surface area contributed by atoms with Crippen molar-refractivity contribution in [3.63, 3.8) is 0 Å². The molecular formula is C22H22N2O4. The van der Waals surface area contributed by atoms with Gasteiger partial charge in [-0.25, -0.2) is 4.98 Å². The molecule has 0 radical (unpaired) electrons. The van der Waals surface area contributed by atoms with Gasteiger partial charge >= 0.3 is 0 Å². The Labute approximate surface area is 163 Å². The second-order valence-corrected chi connectivity index (χ2v) is 6.53. The zero-order valence-corrected chi connectivity index (χ0v) is 15.8. The van der Waals surface area contributed by atoms with Crippen LogP contribution in [0.15, 0.2) is 54.7 Å². The minimum absolute atomic E-state index is 0.00194. The number of methoxy groups -OCH3 is 1. The Hall–Kier alpha value is -3.12. The average molecular weight is 378 g/mol. The summed E-state index contributed by atoms with van der Waals surface area (Å²) in [6.45, 7) is 2.37. The smallest absolute Gasteiger partial charge is 0.260 e. The van der Waals surface area contributed by atoms with Gasteiger partial charge in [-0.15, -0.1) is 0 Å².